The molecule has 0 aliphatic carbocycles. The number of benzene rings is 1. The van der Waals surface area contributed by atoms with E-state index in [1.807, 2.05) is 19.1 Å². The number of hydrogen-bond donors (Lipinski definition) is 2. The molecule has 0 amide bonds. The van der Waals surface area contributed by atoms with Gasteiger partial charge in [0.15, 0.2) is 0 Å². The summed E-state index contributed by atoms with van der Waals surface area (Å²) in [4.78, 5) is 0. The highest BCUT2D eigenvalue weighted by Gasteiger charge is 2.25. The predicted octanol–water partition coefficient (Wildman–Crippen LogP) is 2.24. The second-order valence-corrected chi connectivity index (χ2v) is 5.18. The first kappa shape index (κ1) is 15.8. The number of nitrogens with two attached hydrogens (primary N) is 2. The minimum Gasteiger partial charge on any atom is -0.496 e. The summed E-state index contributed by atoms with van der Waals surface area (Å²) in [6.45, 7) is 6.81. The van der Waals surface area contributed by atoms with Crippen LogP contribution in [0.3, 0.4) is 0 Å². The highest BCUT2D eigenvalue weighted by atomic mass is 16.5. The van der Waals surface area contributed by atoms with Crippen LogP contribution in [0.4, 0.5) is 0 Å². The van der Waals surface area contributed by atoms with E-state index in [2.05, 4.69) is 13.8 Å². The Labute approximate surface area is 116 Å². The van der Waals surface area contributed by atoms with Crippen molar-refractivity contribution in [2.45, 2.75) is 26.8 Å². The first-order valence-corrected chi connectivity index (χ1v) is 6.65. The van der Waals surface area contributed by atoms with E-state index in [-0.39, 0.29) is 12.0 Å². The van der Waals surface area contributed by atoms with Gasteiger partial charge in [-0.25, -0.2) is 0 Å². The van der Waals surface area contributed by atoms with Gasteiger partial charge in [-0.15, -0.1) is 0 Å². The van der Waals surface area contributed by atoms with Crippen molar-refractivity contribution in [3.8, 4) is 11.5 Å². The molecule has 0 radical (unpaired) electrons. The van der Waals surface area contributed by atoms with Crippen molar-refractivity contribution in [1.29, 1.82) is 0 Å². The molecule has 4 heteroatoms. The van der Waals surface area contributed by atoms with Crippen LogP contribution in [0.1, 0.15) is 31.0 Å². The highest BCUT2D eigenvalue weighted by Crippen LogP contribution is 2.37. The molecule has 108 valence electrons. The van der Waals surface area contributed by atoms with Gasteiger partial charge in [0, 0.05) is 17.2 Å². The Hall–Kier alpha value is -1.26. The molecule has 0 spiro atoms. The molecule has 0 saturated heterocycles. The summed E-state index contributed by atoms with van der Waals surface area (Å²) >= 11 is 0. The summed E-state index contributed by atoms with van der Waals surface area (Å²) in [6, 6.07) is 3.77. The molecule has 0 heterocycles. The summed E-state index contributed by atoms with van der Waals surface area (Å²) in [5.74, 6) is 2.25. The van der Waals surface area contributed by atoms with E-state index < -0.39 is 0 Å². The van der Waals surface area contributed by atoms with Crippen LogP contribution in [-0.2, 0) is 0 Å². The van der Waals surface area contributed by atoms with Gasteiger partial charge >= 0.3 is 0 Å². The van der Waals surface area contributed by atoms with Gasteiger partial charge in [-0.1, -0.05) is 19.9 Å². The van der Waals surface area contributed by atoms with Gasteiger partial charge in [0.05, 0.1) is 14.2 Å². The van der Waals surface area contributed by atoms with E-state index in [1.54, 1.807) is 14.2 Å². The van der Waals surface area contributed by atoms with Gasteiger partial charge in [0.2, 0.25) is 0 Å². The molecule has 2 atom stereocenters. The summed E-state index contributed by atoms with van der Waals surface area (Å²) in [5.41, 5.74) is 14.2. The van der Waals surface area contributed by atoms with Crippen LogP contribution in [-0.4, -0.2) is 20.8 Å². The number of rotatable bonds is 6. The van der Waals surface area contributed by atoms with E-state index in [0.717, 1.165) is 22.6 Å². The third-order valence-electron chi connectivity index (χ3n) is 3.76. The zero-order valence-corrected chi connectivity index (χ0v) is 12.6. The molecule has 19 heavy (non-hydrogen) atoms. The lowest BCUT2D eigenvalue weighted by Crippen LogP contribution is -2.32. The van der Waals surface area contributed by atoms with Gasteiger partial charge in [-0.2, -0.15) is 0 Å². The van der Waals surface area contributed by atoms with E-state index in [0.29, 0.717) is 12.5 Å². The SMILES string of the molecule is COc1ccc(C(N)C(CN)C(C)C)c(OC)c1C. The number of hydrogen-bond acceptors (Lipinski definition) is 4. The lowest BCUT2D eigenvalue weighted by atomic mass is 9.84. The fourth-order valence-corrected chi connectivity index (χ4v) is 2.51. The molecular weight excluding hydrogens is 240 g/mol. The van der Waals surface area contributed by atoms with Crippen LogP contribution in [0.15, 0.2) is 12.1 Å². The van der Waals surface area contributed by atoms with Crippen LogP contribution < -0.4 is 20.9 Å². The maximum absolute atomic E-state index is 6.39. The summed E-state index contributed by atoms with van der Waals surface area (Å²) in [7, 11) is 3.31. The quantitative estimate of drug-likeness (QED) is 0.828. The Morgan fingerprint density at radius 3 is 2.21 bits per heavy atom. The molecule has 2 unspecified atom stereocenters. The van der Waals surface area contributed by atoms with Crippen LogP contribution in [0.2, 0.25) is 0 Å². The van der Waals surface area contributed by atoms with E-state index in [9.17, 15) is 0 Å². The molecule has 0 saturated carbocycles. The van der Waals surface area contributed by atoms with Gasteiger partial charge < -0.3 is 20.9 Å². The molecular formula is C15H26N2O2. The Balaban J connectivity index is 3.23. The van der Waals surface area contributed by atoms with Crippen molar-refractivity contribution in [1.82, 2.24) is 0 Å². The Bertz CT molecular complexity index is 419. The number of methoxy groups -OCH3 is 2. The van der Waals surface area contributed by atoms with Crippen molar-refractivity contribution in [3.05, 3.63) is 23.3 Å². The third-order valence-corrected chi connectivity index (χ3v) is 3.76. The number of ether oxygens (including phenoxy) is 2. The van der Waals surface area contributed by atoms with E-state index in [1.165, 1.54) is 0 Å². The maximum atomic E-state index is 6.39. The smallest absolute Gasteiger partial charge is 0.130 e. The summed E-state index contributed by atoms with van der Waals surface area (Å²) in [5, 5.41) is 0. The molecule has 4 nitrogen and oxygen atoms in total. The molecule has 1 aromatic rings. The van der Waals surface area contributed by atoms with Crippen molar-refractivity contribution < 1.29 is 9.47 Å². The van der Waals surface area contributed by atoms with Gasteiger partial charge in [0.25, 0.3) is 0 Å². The largest absolute Gasteiger partial charge is 0.496 e. The minimum absolute atomic E-state index is 0.135. The van der Waals surface area contributed by atoms with Crippen LogP contribution in [0.5, 0.6) is 11.5 Å². The van der Waals surface area contributed by atoms with Crippen molar-refractivity contribution in [2.75, 3.05) is 20.8 Å². The van der Waals surface area contributed by atoms with Crippen LogP contribution >= 0.6 is 0 Å². The van der Waals surface area contributed by atoms with Crippen molar-refractivity contribution in [3.63, 3.8) is 0 Å². The normalized spacial score (nSPS) is 14.3. The standard InChI is InChI=1S/C15H26N2O2/c1-9(2)12(8-16)14(17)11-6-7-13(18-4)10(3)15(11)19-5/h6-7,9,12,14H,8,16-17H2,1-5H3. The minimum atomic E-state index is -0.135. The Morgan fingerprint density at radius 2 is 1.79 bits per heavy atom. The zero-order valence-electron chi connectivity index (χ0n) is 12.6. The molecule has 1 rings (SSSR count). The maximum Gasteiger partial charge on any atom is 0.130 e. The Morgan fingerprint density at radius 1 is 1.16 bits per heavy atom. The summed E-state index contributed by atoms with van der Waals surface area (Å²) in [6.07, 6.45) is 0. The predicted molar refractivity (Wildman–Crippen MR) is 78.6 cm³/mol. The summed E-state index contributed by atoms with van der Waals surface area (Å²) < 4.78 is 10.8. The molecule has 0 bridgehead atoms. The zero-order chi connectivity index (χ0) is 14.6. The van der Waals surface area contributed by atoms with E-state index in [4.69, 9.17) is 20.9 Å². The van der Waals surface area contributed by atoms with Crippen LogP contribution in [0, 0.1) is 18.8 Å². The first-order chi connectivity index (χ1) is 8.97. The highest BCUT2D eigenvalue weighted by molar-refractivity contribution is 5.50. The molecule has 1 aromatic carbocycles. The Kier molecular flexibility index (Phi) is 5.63. The topological polar surface area (TPSA) is 70.5 Å². The molecule has 0 aliphatic heterocycles. The van der Waals surface area contributed by atoms with Gasteiger partial charge in [-0.05, 0) is 31.4 Å². The fraction of sp³-hybridized carbons (Fsp3) is 0.600. The molecule has 4 N–H and O–H groups in total. The van der Waals surface area contributed by atoms with Crippen LogP contribution in [0.25, 0.3) is 0 Å². The fourth-order valence-electron chi connectivity index (χ4n) is 2.51. The second kappa shape index (κ2) is 6.78. The second-order valence-electron chi connectivity index (χ2n) is 5.18. The molecule has 0 aromatic heterocycles. The lowest BCUT2D eigenvalue weighted by Gasteiger charge is -2.28. The molecule has 0 aliphatic rings. The monoisotopic (exact) mass is 266 g/mol. The van der Waals surface area contributed by atoms with Crippen molar-refractivity contribution in [2.24, 2.45) is 23.3 Å². The van der Waals surface area contributed by atoms with E-state index >= 15 is 0 Å². The average Bonchev–Trinajstić information content (AvgIpc) is 2.38. The van der Waals surface area contributed by atoms with Gasteiger partial charge in [-0.3, -0.25) is 0 Å². The molecule has 0 fully saturated rings. The van der Waals surface area contributed by atoms with Crippen molar-refractivity contribution >= 4 is 0 Å². The third kappa shape index (κ3) is 3.19. The lowest BCUT2D eigenvalue weighted by molar-refractivity contribution is 0.318. The van der Waals surface area contributed by atoms with Gasteiger partial charge in [0.1, 0.15) is 11.5 Å². The average molecular weight is 266 g/mol. The first-order valence-electron chi connectivity index (χ1n) is 6.65.